The summed E-state index contributed by atoms with van der Waals surface area (Å²) in [6, 6.07) is 4.67. The van der Waals surface area contributed by atoms with Crippen LogP contribution in [0.25, 0.3) is 0 Å². The molecule has 0 amide bonds. The molecule has 0 aliphatic rings. The van der Waals surface area contributed by atoms with Gasteiger partial charge in [0.05, 0.1) is 17.2 Å². The van der Waals surface area contributed by atoms with E-state index < -0.39 is 31.4 Å². The molecule has 4 N–H and O–H groups in total. The summed E-state index contributed by atoms with van der Waals surface area (Å²) in [5, 5.41) is 7.32. The van der Waals surface area contributed by atoms with Gasteiger partial charge in [0.25, 0.3) is 0 Å². The second kappa shape index (κ2) is 5.80. The number of sulfone groups is 1. The van der Waals surface area contributed by atoms with Crippen molar-refractivity contribution in [2.75, 3.05) is 22.5 Å². The topological polar surface area (TPSA) is 130 Å². The van der Waals surface area contributed by atoms with Crippen LogP contribution in [0.3, 0.4) is 0 Å². The van der Waals surface area contributed by atoms with Crippen molar-refractivity contribution in [1.29, 1.82) is 5.41 Å². The normalized spacial score (nSPS) is 12.1. The van der Waals surface area contributed by atoms with Gasteiger partial charge >= 0.3 is 0 Å². The molecular weight excluding hydrogens is 302 g/mol. The summed E-state index contributed by atoms with van der Waals surface area (Å²) in [7, 11) is -7.13. The Morgan fingerprint density at radius 2 is 1.85 bits per heavy atom. The molecule has 112 valence electrons. The maximum atomic E-state index is 11.8. The van der Waals surface area contributed by atoms with Crippen molar-refractivity contribution >= 4 is 31.4 Å². The average molecular weight is 319 g/mol. The van der Waals surface area contributed by atoms with Crippen molar-refractivity contribution in [3.05, 3.63) is 29.3 Å². The third-order valence-electron chi connectivity index (χ3n) is 2.54. The quantitative estimate of drug-likeness (QED) is 0.504. The average Bonchev–Trinajstić information content (AvgIpc) is 2.28. The molecule has 0 atom stereocenters. The van der Waals surface area contributed by atoms with Crippen LogP contribution in [0.2, 0.25) is 0 Å². The van der Waals surface area contributed by atoms with Crippen LogP contribution in [0.5, 0.6) is 0 Å². The Balaban J connectivity index is 2.97. The van der Waals surface area contributed by atoms with Crippen molar-refractivity contribution in [2.24, 2.45) is 5.73 Å². The van der Waals surface area contributed by atoms with E-state index in [1.54, 1.807) is 19.1 Å². The van der Waals surface area contributed by atoms with E-state index in [9.17, 15) is 16.8 Å². The summed E-state index contributed by atoms with van der Waals surface area (Å²) in [4.78, 5) is 0. The fraction of sp³-hybridized carbons (Fsp3) is 0.364. The molecule has 0 spiro atoms. The number of nitrogen functional groups attached to an aromatic ring is 1. The zero-order valence-corrected chi connectivity index (χ0v) is 12.8. The summed E-state index contributed by atoms with van der Waals surface area (Å²) in [5.74, 6) is -1.15. The van der Waals surface area contributed by atoms with Crippen LogP contribution in [-0.2, 0) is 19.9 Å². The van der Waals surface area contributed by atoms with Gasteiger partial charge in [-0.05, 0) is 18.6 Å². The predicted molar refractivity (Wildman–Crippen MR) is 79.3 cm³/mol. The number of aryl methyl sites for hydroxylation is 1. The summed E-state index contributed by atoms with van der Waals surface area (Å²) in [6.07, 6.45) is 0.976. The molecule has 0 saturated heterocycles. The van der Waals surface area contributed by atoms with Gasteiger partial charge in [0, 0.05) is 11.8 Å². The zero-order valence-electron chi connectivity index (χ0n) is 11.2. The van der Waals surface area contributed by atoms with Gasteiger partial charge in [-0.3, -0.25) is 10.1 Å². The largest absolute Gasteiger partial charge is 0.384 e. The highest BCUT2D eigenvalue weighted by Gasteiger charge is 2.16. The molecule has 1 aromatic carbocycles. The van der Waals surface area contributed by atoms with Gasteiger partial charge in [-0.2, -0.15) is 0 Å². The molecule has 1 rings (SSSR count). The van der Waals surface area contributed by atoms with Gasteiger partial charge in [-0.1, -0.05) is 12.1 Å². The summed E-state index contributed by atoms with van der Waals surface area (Å²) in [6.45, 7) is 1.69. The second-order valence-electron chi connectivity index (χ2n) is 4.49. The molecule has 0 unspecified atom stereocenters. The van der Waals surface area contributed by atoms with Crippen molar-refractivity contribution < 1.29 is 16.8 Å². The van der Waals surface area contributed by atoms with Gasteiger partial charge in [0.15, 0.2) is 0 Å². The maximum Gasteiger partial charge on any atom is 0.233 e. The Morgan fingerprint density at radius 3 is 2.35 bits per heavy atom. The van der Waals surface area contributed by atoms with E-state index in [4.69, 9.17) is 11.1 Å². The van der Waals surface area contributed by atoms with Crippen molar-refractivity contribution in [2.45, 2.75) is 6.92 Å². The molecule has 9 heteroatoms. The molecule has 0 aliphatic carbocycles. The number of hydrogen-bond acceptors (Lipinski definition) is 5. The fourth-order valence-electron chi connectivity index (χ4n) is 1.38. The minimum Gasteiger partial charge on any atom is -0.384 e. The predicted octanol–water partition coefficient (Wildman–Crippen LogP) is 0.0654. The van der Waals surface area contributed by atoms with E-state index in [0.29, 0.717) is 11.1 Å². The van der Waals surface area contributed by atoms with E-state index in [0.717, 1.165) is 6.26 Å². The fourth-order valence-corrected chi connectivity index (χ4v) is 4.12. The molecule has 7 nitrogen and oxygen atoms in total. The van der Waals surface area contributed by atoms with E-state index in [1.165, 1.54) is 6.07 Å². The highest BCUT2D eigenvalue weighted by molar-refractivity contribution is 7.95. The first-order chi connectivity index (χ1) is 9.00. The third kappa shape index (κ3) is 5.17. The molecule has 0 heterocycles. The minimum absolute atomic E-state index is 0.179. The summed E-state index contributed by atoms with van der Waals surface area (Å²) >= 11 is 0. The van der Waals surface area contributed by atoms with Crippen LogP contribution in [0.15, 0.2) is 18.2 Å². The summed E-state index contributed by atoms with van der Waals surface area (Å²) < 4.78 is 48.0. The number of nitrogens with one attached hydrogen (secondary N) is 2. The van der Waals surface area contributed by atoms with Gasteiger partial charge in [-0.25, -0.2) is 16.8 Å². The highest BCUT2D eigenvalue weighted by atomic mass is 32.2. The number of rotatable bonds is 6. The Kier molecular flexibility index (Phi) is 4.77. The first-order valence-corrected chi connectivity index (χ1v) is 9.35. The molecule has 0 fully saturated rings. The Morgan fingerprint density at radius 1 is 1.25 bits per heavy atom. The molecule has 0 aliphatic heterocycles. The van der Waals surface area contributed by atoms with E-state index >= 15 is 0 Å². The molecule has 0 radical (unpaired) electrons. The number of anilines is 1. The van der Waals surface area contributed by atoms with Crippen LogP contribution in [0.1, 0.15) is 11.1 Å². The van der Waals surface area contributed by atoms with E-state index in [1.807, 2.05) is 0 Å². The molecule has 0 aromatic heterocycles. The van der Waals surface area contributed by atoms with Crippen LogP contribution >= 0.6 is 0 Å². The highest BCUT2D eigenvalue weighted by Crippen LogP contribution is 2.18. The van der Waals surface area contributed by atoms with Crippen LogP contribution < -0.4 is 10.5 Å². The minimum atomic E-state index is -3.77. The lowest BCUT2D eigenvalue weighted by atomic mass is 10.1. The smallest absolute Gasteiger partial charge is 0.233 e. The van der Waals surface area contributed by atoms with Crippen molar-refractivity contribution in [3.63, 3.8) is 0 Å². The zero-order chi connectivity index (χ0) is 15.6. The van der Waals surface area contributed by atoms with Gasteiger partial charge in [-0.15, -0.1) is 0 Å². The number of sulfonamides is 1. The lowest BCUT2D eigenvalue weighted by Crippen LogP contribution is -2.23. The van der Waals surface area contributed by atoms with Crippen molar-refractivity contribution in [3.8, 4) is 0 Å². The first-order valence-electron chi connectivity index (χ1n) is 5.63. The van der Waals surface area contributed by atoms with Gasteiger partial charge < -0.3 is 5.73 Å². The molecule has 20 heavy (non-hydrogen) atoms. The van der Waals surface area contributed by atoms with Crippen LogP contribution in [-0.4, -0.2) is 40.4 Å². The Hall–Kier alpha value is -1.61. The van der Waals surface area contributed by atoms with Crippen LogP contribution in [0, 0.1) is 12.3 Å². The molecule has 0 bridgehead atoms. The van der Waals surface area contributed by atoms with E-state index in [2.05, 4.69) is 4.72 Å². The van der Waals surface area contributed by atoms with Gasteiger partial charge in [0.1, 0.15) is 15.7 Å². The number of nitrogens with two attached hydrogens (primary N) is 1. The lowest BCUT2D eigenvalue weighted by Gasteiger charge is -2.11. The lowest BCUT2D eigenvalue weighted by molar-refractivity contribution is 0.593. The van der Waals surface area contributed by atoms with Crippen molar-refractivity contribution in [1.82, 2.24) is 0 Å². The summed E-state index contributed by atoms with van der Waals surface area (Å²) in [5.41, 5.74) is 6.66. The standard InChI is InChI=1S/C11H17N3O4S2/c1-8-3-4-9(11(12)13)7-10(8)14-20(17,18)6-5-19(2,15)16/h3-4,7,14H,5-6H2,1-2H3,(H3,12,13). The maximum absolute atomic E-state index is 11.8. The van der Waals surface area contributed by atoms with Gasteiger partial charge in [0.2, 0.25) is 10.0 Å². The second-order valence-corrected chi connectivity index (χ2v) is 8.60. The number of amidine groups is 1. The number of benzene rings is 1. The first kappa shape index (κ1) is 16.4. The monoisotopic (exact) mass is 319 g/mol. The molecular formula is C11H17N3O4S2. The SMILES string of the molecule is Cc1ccc(C(=N)N)cc1NS(=O)(=O)CCS(C)(=O)=O. The Bertz CT molecular complexity index is 724. The number of hydrogen-bond donors (Lipinski definition) is 3. The molecule has 0 saturated carbocycles. The Labute approximate surface area is 118 Å². The third-order valence-corrected chi connectivity index (χ3v) is 5.01. The van der Waals surface area contributed by atoms with Crippen LogP contribution in [0.4, 0.5) is 5.69 Å². The molecule has 1 aromatic rings. The van der Waals surface area contributed by atoms with E-state index in [-0.39, 0.29) is 11.5 Å².